The molecule has 0 radical (unpaired) electrons. The number of hydrogen-bond acceptors (Lipinski definition) is 8. The number of pyridine rings is 1. The normalized spacial score (nSPS) is 13.7. The number of aryl methyl sites for hydroxylation is 1. The molecule has 0 saturated heterocycles. The second-order valence-electron chi connectivity index (χ2n) is 7.96. The van der Waals surface area contributed by atoms with Gasteiger partial charge < -0.3 is 15.2 Å². The summed E-state index contributed by atoms with van der Waals surface area (Å²) < 4.78 is 5.09. The molecule has 1 amide bonds. The second kappa shape index (κ2) is 9.50. The van der Waals surface area contributed by atoms with Crippen molar-refractivity contribution >= 4 is 44.5 Å². The summed E-state index contributed by atoms with van der Waals surface area (Å²) in [7, 11) is 0. The van der Waals surface area contributed by atoms with Gasteiger partial charge in [0.05, 0.1) is 4.88 Å². The molecule has 4 aromatic rings. The van der Waals surface area contributed by atoms with Crippen molar-refractivity contribution in [3.8, 4) is 11.4 Å². The number of hydrogen-bond donors (Lipinski definition) is 2. The summed E-state index contributed by atoms with van der Waals surface area (Å²) >= 11 is 1.54. The van der Waals surface area contributed by atoms with E-state index in [9.17, 15) is 4.79 Å². The summed E-state index contributed by atoms with van der Waals surface area (Å²) in [5.41, 5.74) is 2.19. The minimum Gasteiger partial charge on any atom is -0.369 e. The van der Waals surface area contributed by atoms with Crippen LogP contribution in [0.4, 0.5) is 10.9 Å². The van der Waals surface area contributed by atoms with Gasteiger partial charge in [0, 0.05) is 43.2 Å². The molecule has 3 aromatic heterocycles. The van der Waals surface area contributed by atoms with Gasteiger partial charge in [-0.25, -0.2) is 9.97 Å². The Labute approximate surface area is 195 Å². The summed E-state index contributed by atoms with van der Waals surface area (Å²) in [4.78, 5) is 26.7. The van der Waals surface area contributed by atoms with Gasteiger partial charge in [-0.1, -0.05) is 34.7 Å². The molecule has 3 heterocycles. The average Bonchev–Trinajstić information content (AvgIpc) is 3.49. The standard InChI is InChI=1S/C24H24N6O2S/c1-15-28-22(30-32-15)18-8-7-16-9-11-25-23(19(16)13-18)26-12-10-21(31)29-24-27-14-20(33-24)17-5-3-2-4-6-17/h5,7-9,11,13-14H,2-4,6,10,12H2,1H3,(H,25,26)(H,27,29,31). The van der Waals surface area contributed by atoms with E-state index < -0.39 is 0 Å². The minimum absolute atomic E-state index is 0.0794. The minimum atomic E-state index is -0.0794. The largest absolute Gasteiger partial charge is 0.369 e. The molecule has 168 valence electrons. The molecule has 2 N–H and O–H groups in total. The first-order valence-electron chi connectivity index (χ1n) is 11.0. The van der Waals surface area contributed by atoms with Gasteiger partial charge in [0.15, 0.2) is 5.13 Å². The van der Waals surface area contributed by atoms with Crippen LogP contribution in [0.3, 0.4) is 0 Å². The Morgan fingerprint density at radius 1 is 1.21 bits per heavy atom. The second-order valence-corrected chi connectivity index (χ2v) is 8.99. The van der Waals surface area contributed by atoms with E-state index in [4.69, 9.17) is 4.52 Å². The molecule has 1 aromatic carbocycles. The smallest absolute Gasteiger partial charge is 0.227 e. The molecule has 1 aliphatic carbocycles. The summed E-state index contributed by atoms with van der Waals surface area (Å²) in [6.07, 6.45) is 10.9. The fourth-order valence-corrected chi connectivity index (χ4v) is 4.78. The molecule has 5 rings (SSSR count). The number of benzene rings is 1. The number of amides is 1. The van der Waals surface area contributed by atoms with Crippen LogP contribution >= 0.6 is 11.3 Å². The van der Waals surface area contributed by atoms with E-state index >= 15 is 0 Å². The highest BCUT2D eigenvalue weighted by atomic mass is 32.1. The third-order valence-electron chi connectivity index (χ3n) is 5.56. The number of nitrogens with one attached hydrogen (secondary N) is 2. The van der Waals surface area contributed by atoms with Crippen molar-refractivity contribution in [1.29, 1.82) is 0 Å². The van der Waals surface area contributed by atoms with Crippen LogP contribution in [-0.2, 0) is 4.79 Å². The Hall–Kier alpha value is -3.59. The average molecular weight is 461 g/mol. The van der Waals surface area contributed by atoms with Gasteiger partial charge >= 0.3 is 0 Å². The van der Waals surface area contributed by atoms with Gasteiger partial charge in [0.1, 0.15) is 5.82 Å². The van der Waals surface area contributed by atoms with Crippen LogP contribution in [0, 0.1) is 6.92 Å². The van der Waals surface area contributed by atoms with Gasteiger partial charge in [0.25, 0.3) is 0 Å². The van der Waals surface area contributed by atoms with Crippen molar-refractivity contribution in [2.75, 3.05) is 17.2 Å². The third-order valence-corrected chi connectivity index (χ3v) is 6.54. The first-order valence-corrected chi connectivity index (χ1v) is 11.9. The maximum absolute atomic E-state index is 12.4. The van der Waals surface area contributed by atoms with Crippen molar-refractivity contribution in [3.05, 3.63) is 53.5 Å². The van der Waals surface area contributed by atoms with E-state index in [1.165, 1.54) is 29.8 Å². The van der Waals surface area contributed by atoms with Crippen LogP contribution in [0.2, 0.25) is 0 Å². The van der Waals surface area contributed by atoms with E-state index in [-0.39, 0.29) is 5.91 Å². The van der Waals surface area contributed by atoms with Gasteiger partial charge in [-0.3, -0.25) is 4.79 Å². The number of nitrogens with zero attached hydrogens (tertiary/aromatic N) is 4. The molecule has 0 fully saturated rings. The molecule has 0 unspecified atom stereocenters. The lowest BCUT2D eigenvalue weighted by atomic mass is 9.99. The van der Waals surface area contributed by atoms with E-state index in [0.29, 0.717) is 35.6 Å². The van der Waals surface area contributed by atoms with Crippen molar-refractivity contribution in [2.45, 2.75) is 39.0 Å². The number of aromatic nitrogens is 4. The van der Waals surface area contributed by atoms with Crippen molar-refractivity contribution < 1.29 is 9.32 Å². The van der Waals surface area contributed by atoms with Gasteiger partial charge in [0.2, 0.25) is 17.6 Å². The molecule has 1 aliphatic rings. The Balaban J connectivity index is 1.21. The Kier molecular flexibility index (Phi) is 6.12. The first kappa shape index (κ1) is 21.3. The van der Waals surface area contributed by atoms with E-state index in [1.54, 1.807) is 13.1 Å². The van der Waals surface area contributed by atoms with E-state index in [2.05, 4.69) is 36.8 Å². The van der Waals surface area contributed by atoms with Crippen molar-refractivity contribution in [2.24, 2.45) is 0 Å². The van der Waals surface area contributed by atoms with Gasteiger partial charge in [-0.05, 0) is 48.8 Å². The van der Waals surface area contributed by atoms with Crippen LogP contribution in [0.25, 0.3) is 27.7 Å². The molecule has 0 spiro atoms. The summed E-state index contributed by atoms with van der Waals surface area (Å²) in [6, 6.07) is 7.87. The molecular formula is C24H24N6O2S. The maximum atomic E-state index is 12.4. The van der Waals surface area contributed by atoms with Crippen LogP contribution in [0.1, 0.15) is 42.9 Å². The number of anilines is 2. The number of carbonyl (C=O) groups is 1. The monoisotopic (exact) mass is 460 g/mol. The maximum Gasteiger partial charge on any atom is 0.227 e. The molecule has 0 atom stereocenters. The summed E-state index contributed by atoms with van der Waals surface area (Å²) in [6.45, 7) is 2.21. The highest BCUT2D eigenvalue weighted by Gasteiger charge is 2.13. The quantitative estimate of drug-likeness (QED) is 0.378. The van der Waals surface area contributed by atoms with Crippen LogP contribution in [-0.4, -0.2) is 32.6 Å². The number of thiazole rings is 1. The molecule has 8 nitrogen and oxygen atoms in total. The lowest BCUT2D eigenvalue weighted by Gasteiger charge is -2.10. The van der Waals surface area contributed by atoms with Crippen LogP contribution < -0.4 is 10.6 Å². The van der Waals surface area contributed by atoms with Crippen LogP contribution in [0.5, 0.6) is 0 Å². The van der Waals surface area contributed by atoms with E-state index in [1.807, 2.05) is 30.5 Å². The molecule has 9 heteroatoms. The predicted molar refractivity (Wildman–Crippen MR) is 130 cm³/mol. The molecule has 0 aliphatic heterocycles. The fourth-order valence-electron chi connectivity index (χ4n) is 3.88. The number of fused-ring (bicyclic) bond motifs is 1. The Morgan fingerprint density at radius 3 is 2.97 bits per heavy atom. The molecular weight excluding hydrogens is 436 g/mol. The molecule has 33 heavy (non-hydrogen) atoms. The zero-order valence-electron chi connectivity index (χ0n) is 18.3. The summed E-state index contributed by atoms with van der Waals surface area (Å²) in [5.74, 6) is 1.69. The zero-order chi connectivity index (χ0) is 22.6. The lowest BCUT2D eigenvalue weighted by Crippen LogP contribution is -2.16. The number of allylic oxidation sites excluding steroid dienone is 2. The topological polar surface area (TPSA) is 106 Å². The number of carbonyl (C=O) groups excluding carboxylic acids is 1. The SMILES string of the molecule is Cc1nc(-c2ccc3ccnc(NCCC(=O)Nc4ncc(C5=CCCCC5)s4)c3c2)no1. The third kappa shape index (κ3) is 4.93. The molecule has 0 saturated carbocycles. The highest BCUT2D eigenvalue weighted by Crippen LogP contribution is 2.32. The fraction of sp³-hybridized carbons (Fsp3) is 0.292. The highest BCUT2D eigenvalue weighted by molar-refractivity contribution is 7.16. The van der Waals surface area contributed by atoms with Crippen molar-refractivity contribution in [3.63, 3.8) is 0 Å². The van der Waals surface area contributed by atoms with Gasteiger partial charge in [-0.2, -0.15) is 4.98 Å². The first-order chi connectivity index (χ1) is 16.2. The molecule has 0 bridgehead atoms. The van der Waals surface area contributed by atoms with Crippen molar-refractivity contribution in [1.82, 2.24) is 20.1 Å². The lowest BCUT2D eigenvalue weighted by molar-refractivity contribution is -0.115. The predicted octanol–water partition coefficient (Wildman–Crippen LogP) is 5.45. The summed E-state index contributed by atoms with van der Waals surface area (Å²) in [5, 5.41) is 12.8. The Bertz CT molecular complexity index is 1330. The zero-order valence-corrected chi connectivity index (χ0v) is 19.1. The van der Waals surface area contributed by atoms with Crippen LogP contribution in [0.15, 0.2) is 47.3 Å². The van der Waals surface area contributed by atoms with E-state index in [0.717, 1.165) is 34.1 Å². The Morgan fingerprint density at radius 2 is 2.15 bits per heavy atom. The van der Waals surface area contributed by atoms with Gasteiger partial charge in [-0.15, -0.1) is 0 Å². The number of rotatable bonds is 7.